The van der Waals surface area contributed by atoms with E-state index in [4.69, 9.17) is 18.9 Å². The summed E-state index contributed by atoms with van der Waals surface area (Å²) in [5, 5.41) is 5.84. The molecule has 0 bridgehead atoms. The van der Waals surface area contributed by atoms with E-state index in [9.17, 15) is 9.59 Å². The largest absolute Gasteiger partial charge is 0.492 e. The molecule has 2 aliphatic rings. The summed E-state index contributed by atoms with van der Waals surface area (Å²) in [5.41, 5.74) is 1.00. The highest BCUT2D eigenvalue weighted by Crippen LogP contribution is 2.40. The number of methoxy groups -OCH3 is 1. The van der Waals surface area contributed by atoms with Gasteiger partial charge in [-0.2, -0.15) is 0 Å². The molecule has 1 saturated heterocycles. The van der Waals surface area contributed by atoms with Gasteiger partial charge in [0.25, 0.3) is 0 Å². The number of carbonyl (C=O) groups excluding carboxylic acids is 2. The molecule has 0 radical (unpaired) electrons. The van der Waals surface area contributed by atoms with Crippen LogP contribution in [0.4, 0.5) is 0 Å². The number of rotatable bonds is 11. The fraction of sp³-hybridized carbons (Fsp3) is 0.714. The zero-order valence-electron chi connectivity index (χ0n) is 23.7. The summed E-state index contributed by atoms with van der Waals surface area (Å²) in [7, 11) is 1.71. The second kappa shape index (κ2) is 20.0. The number of piperidine rings is 1. The van der Waals surface area contributed by atoms with Gasteiger partial charge >= 0.3 is 5.97 Å². The van der Waals surface area contributed by atoms with Crippen LogP contribution in [0.1, 0.15) is 60.5 Å². The smallest absolute Gasteiger partial charge is 0.335 e. The number of ether oxygens (including phenoxy) is 4. The zero-order chi connectivity index (χ0) is 27.4. The Bertz CT molecular complexity index is 682. The van der Waals surface area contributed by atoms with Gasteiger partial charge in [0.15, 0.2) is 6.10 Å². The molecule has 2 N–H and O–H groups in total. The van der Waals surface area contributed by atoms with Crippen molar-refractivity contribution in [3.63, 3.8) is 0 Å². The highest BCUT2D eigenvalue weighted by molar-refractivity contribution is 5.75. The standard InChI is InChI=1S/C16H23NO5.C5H9N.C5H12O.C2H6/c1-3-20-15(16(19)21-4-2)11-13-5-7-14(8-6-13)22-10-9-17-12-18;1-4-2-6-3-5(1)4;1-5(2,3)6-4;1-2/h5-8,12,15H,3-4,9-11H2,1-2H3,(H,17,18);4-6H,1-3H2;1-4H3;1-2H3. The molecule has 1 aliphatic carbocycles. The number of nitrogens with one attached hydrogen (secondary N) is 2. The van der Waals surface area contributed by atoms with E-state index in [1.165, 1.54) is 19.5 Å². The summed E-state index contributed by atoms with van der Waals surface area (Å²) in [6, 6.07) is 7.41. The Morgan fingerprint density at radius 2 is 1.69 bits per heavy atom. The Morgan fingerprint density at radius 1 is 1.11 bits per heavy atom. The number of amides is 1. The van der Waals surface area contributed by atoms with Crippen LogP contribution in [0.2, 0.25) is 0 Å². The van der Waals surface area contributed by atoms with Gasteiger partial charge in [0.2, 0.25) is 6.41 Å². The SMILES string of the molecule is C1NCC2CC12.CC.CCOC(=O)C(Cc1ccc(OCCNC=O)cc1)OCC.COC(C)(C)C. The number of carbonyl (C=O) groups is 2. The first-order chi connectivity index (χ1) is 17.2. The van der Waals surface area contributed by atoms with E-state index in [0.717, 1.165) is 17.4 Å². The molecule has 3 atom stereocenters. The van der Waals surface area contributed by atoms with Crippen LogP contribution in [0.25, 0.3) is 0 Å². The molecular weight excluding hydrogens is 460 g/mol. The molecule has 0 aromatic heterocycles. The molecule has 36 heavy (non-hydrogen) atoms. The van der Waals surface area contributed by atoms with Crippen LogP contribution in [0, 0.1) is 11.8 Å². The molecular formula is C28H50N2O6. The quantitative estimate of drug-likeness (QED) is 0.264. The van der Waals surface area contributed by atoms with Crippen LogP contribution in [0.5, 0.6) is 5.75 Å². The summed E-state index contributed by atoms with van der Waals surface area (Å²) in [4.78, 5) is 21.9. The van der Waals surface area contributed by atoms with Crippen molar-refractivity contribution in [2.75, 3.05) is 46.6 Å². The van der Waals surface area contributed by atoms with E-state index < -0.39 is 6.10 Å². The molecule has 3 unspecified atom stereocenters. The van der Waals surface area contributed by atoms with Gasteiger partial charge in [0.1, 0.15) is 12.4 Å². The summed E-state index contributed by atoms with van der Waals surface area (Å²) in [6.45, 7) is 18.0. The van der Waals surface area contributed by atoms with E-state index in [-0.39, 0.29) is 11.6 Å². The lowest BCUT2D eigenvalue weighted by molar-refractivity contribution is -0.156. The first-order valence-electron chi connectivity index (χ1n) is 13.2. The van der Waals surface area contributed by atoms with E-state index >= 15 is 0 Å². The Morgan fingerprint density at radius 3 is 2.08 bits per heavy atom. The van der Waals surface area contributed by atoms with E-state index in [2.05, 4.69) is 10.6 Å². The van der Waals surface area contributed by atoms with Crippen LogP contribution in [0.3, 0.4) is 0 Å². The average Bonchev–Trinajstić information content (AvgIpc) is 3.48. The number of hydrogen-bond acceptors (Lipinski definition) is 7. The minimum atomic E-state index is -0.589. The Kier molecular flexibility index (Phi) is 18.8. The lowest BCUT2D eigenvalue weighted by Crippen LogP contribution is -2.28. The maximum absolute atomic E-state index is 11.8. The average molecular weight is 511 g/mol. The van der Waals surface area contributed by atoms with Crippen molar-refractivity contribution < 1.29 is 28.5 Å². The third-order valence-corrected chi connectivity index (χ3v) is 5.35. The molecule has 208 valence electrons. The van der Waals surface area contributed by atoms with Gasteiger partial charge in [-0.1, -0.05) is 26.0 Å². The van der Waals surface area contributed by atoms with Crippen molar-refractivity contribution in [1.29, 1.82) is 0 Å². The van der Waals surface area contributed by atoms with Gasteiger partial charge in [0, 0.05) is 20.1 Å². The summed E-state index contributed by atoms with van der Waals surface area (Å²) >= 11 is 0. The minimum absolute atomic E-state index is 0.0417. The van der Waals surface area contributed by atoms with Gasteiger partial charge in [-0.25, -0.2) is 4.79 Å². The number of benzene rings is 1. The van der Waals surface area contributed by atoms with E-state index in [0.29, 0.717) is 44.9 Å². The number of esters is 1. The van der Waals surface area contributed by atoms with Crippen LogP contribution in [0.15, 0.2) is 24.3 Å². The van der Waals surface area contributed by atoms with Gasteiger partial charge < -0.3 is 29.6 Å². The van der Waals surface area contributed by atoms with E-state index in [1.807, 2.05) is 65.8 Å². The maximum Gasteiger partial charge on any atom is 0.335 e. The lowest BCUT2D eigenvalue weighted by Gasteiger charge is -2.15. The van der Waals surface area contributed by atoms with Crippen molar-refractivity contribution in [1.82, 2.24) is 10.6 Å². The maximum atomic E-state index is 11.8. The Hall–Kier alpha value is -2.16. The molecule has 1 heterocycles. The van der Waals surface area contributed by atoms with Gasteiger partial charge in [-0.15, -0.1) is 0 Å². The predicted molar refractivity (Wildman–Crippen MR) is 144 cm³/mol. The molecule has 8 nitrogen and oxygen atoms in total. The first-order valence-corrected chi connectivity index (χ1v) is 13.2. The molecule has 1 aromatic carbocycles. The van der Waals surface area contributed by atoms with Crippen LogP contribution < -0.4 is 15.4 Å². The molecule has 1 aliphatic heterocycles. The third-order valence-electron chi connectivity index (χ3n) is 5.35. The number of fused-ring (bicyclic) bond motifs is 1. The third kappa shape index (κ3) is 16.5. The first kappa shape index (κ1) is 33.8. The topological polar surface area (TPSA) is 95.1 Å². The molecule has 0 spiro atoms. The van der Waals surface area contributed by atoms with Crippen molar-refractivity contribution >= 4 is 12.4 Å². The highest BCUT2D eigenvalue weighted by atomic mass is 16.6. The summed E-state index contributed by atoms with van der Waals surface area (Å²) in [5.74, 6) is 2.57. The van der Waals surface area contributed by atoms with Crippen molar-refractivity contribution in [2.45, 2.75) is 73.0 Å². The highest BCUT2D eigenvalue weighted by Gasteiger charge is 2.40. The molecule has 1 saturated carbocycles. The zero-order valence-corrected chi connectivity index (χ0v) is 23.7. The minimum Gasteiger partial charge on any atom is -0.492 e. The second-order valence-corrected chi connectivity index (χ2v) is 9.20. The summed E-state index contributed by atoms with van der Waals surface area (Å²) < 4.78 is 20.8. The number of hydrogen-bond donors (Lipinski definition) is 2. The van der Waals surface area contributed by atoms with Crippen molar-refractivity contribution in [3.8, 4) is 5.75 Å². The van der Waals surface area contributed by atoms with Crippen LogP contribution >= 0.6 is 0 Å². The van der Waals surface area contributed by atoms with Crippen LogP contribution in [-0.2, 0) is 30.2 Å². The summed E-state index contributed by atoms with van der Waals surface area (Å²) in [6.07, 6.45) is 2.02. The molecule has 2 fully saturated rings. The molecule has 1 aromatic rings. The predicted octanol–water partition coefficient (Wildman–Crippen LogP) is 4.01. The monoisotopic (exact) mass is 510 g/mol. The van der Waals surface area contributed by atoms with Gasteiger partial charge in [-0.3, -0.25) is 4.79 Å². The van der Waals surface area contributed by atoms with Crippen LogP contribution in [-0.4, -0.2) is 70.6 Å². The Labute approximate surface area is 218 Å². The fourth-order valence-electron chi connectivity index (χ4n) is 3.13. The molecule has 1 amide bonds. The molecule has 8 heteroatoms. The fourth-order valence-corrected chi connectivity index (χ4v) is 3.13. The van der Waals surface area contributed by atoms with E-state index in [1.54, 1.807) is 14.0 Å². The van der Waals surface area contributed by atoms with Crippen molar-refractivity contribution in [2.24, 2.45) is 11.8 Å². The van der Waals surface area contributed by atoms with Gasteiger partial charge in [0.05, 0.1) is 18.8 Å². The second-order valence-electron chi connectivity index (χ2n) is 9.20. The normalized spacial score (nSPS) is 17.9. The van der Waals surface area contributed by atoms with Gasteiger partial charge in [-0.05, 0) is 83.7 Å². The lowest BCUT2D eigenvalue weighted by atomic mass is 10.1. The Balaban J connectivity index is 0.000000700. The molecule has 3 rings (SSSR count). The van der Waals surface area contributed by atoms with Crippen molar-refractivity contribution in [3.05, 3.63) is 29.8 Å².